The zero-order valence-corrected chi connectivity index (χ0v) is 17.2. The molecule has 2 aliphatic rings. The number of nitrogens with zero attached hydrogens (tertiary/aromatic N) is 5. The summed E-state index contributed by atoms with van der Waals surface area (Å²) in [6.45, 7) is 10.9. The van der Waals surface area contributed by atoms with Crippen LogP contribution in [0.25, 0.3) is 4.85 Å². The minimum Gasteiger partial charge on any atom is -0.368 e. The van der Waals surface area contributed by atoms with Crippen LogP contribution in [-0.4, -0.2) is 42.1 Å². The van der Waals surface area contributed by atoms with Crippen LogP contribution in [0.3, 0.4) is 0 Å². The average molecular weight is 420 g/mol. The molecule has 3 heterocycles. The summed E-state index contributed by atoms with van der Waals surface area (Å²) < 4.78 is 0. The highest BCUT2D eigenvalue weighted by atomic mass is 32.2. The van der Waals surface area contributed by atoms with Gasteiger partial charge in [-0.3, -0.25) is 9.78 Å². The van der Waals surface area contributed by atoms with Gasteiger partial charge in [0.05, 0.1) is 12.1 Å². The van der Waals surface area contributed by atoms with Gasteiger partial charge in [-0.05, 0) is 42.0 Å². The van der Waals surface area contributed by atoms with Crippen LogP contribution in [0.1, 0.15) is 40.7 Å². The van der Waals surface area contributed by atoms with Crippen LogP contribution in [0.2, 0.25) is 0 Å². The van der Waals surface area contributed by atoms with Crippen molar-refractivity contribution in [3.8, 4) is 6.07 Å². The Labute approximate surface area is 179 Å². The average Bonchev–Trinajstić information content (AvgIpc) is 3.62. The van der Waals surface area contributed by atoms with E-state index >= 15 is 0 Å². The van der Waals surface area contributed by atoms with Gasteiger partial charge >= 0.3 is 0 Å². The van der Waals surface area contributed by atoms with Gasteiger partial charge in [-0.15, -0.1) is 0 Å². The van der Waals surface area contributed by atoms with Crippen molar-refractivity contribution in [2.24, 2.45) is 5.73 Å². The molecule has 2 fully saturated rings. The Morgan fingerprint density at radius 3 is 2.63 bits per heavy atom. The molecule has 3 N–H and O–H groups in total. The number of thioether (sulfide) groups is 1. The molecular formula is C21H21N7OS. The van der Waals surface area contributed by atoms with Crippen LogP contribution in [0.4, 0.5) is 11.5 Å². The fourth-order valence-electron chi connectivity index (χ4n) is 3.67. The van der Waals surface area contributed by atoms with E-state index in [1.54, 1.807) is 24.5 Å². The number of nitriles is 1. The monoisotopic (exact) mass is 419 g/mol. The van der Waals surface area contributed by atoms with Gasteiger partial charge < -0.3 is 16.0 Å². The Morgan fingerprint density at radius 1 is 1.37 bits per heavy atom. The first-order chi connectivity index (χ1) is 14.6. The number of pyridine rings is 2. The molecule has 30 heavy (non-hydrogen) atoms. The molecule has 1 unspecified atom stereocenters. The standard InChI is InChI=1S/C21H21N7OS/c1-24-17-16(13-2-3-13)15(12-22)21(27-20(17)28-10-8-26-9-11-28)30-18(19(23)29)14-4-6-25-7-5-14/h4-7,13,18,26H,2-3,8-11H2,(H2,23,29). The lowest BCUT2D eigenvalue weighted by Crippen LogP contribution is -2.44. The molecule has 1 aliphatic carbocycles. The van der Waals surface area contributed by atoms with Gasteiger partial charge in [0.25, 0.3) is 0 Å². The van der Waals surface area contributed by atoms with Crippen molar-refractivity contribution in [3.05, 3.63) is 52.6 Å². The molecular weight excluding hydrogens is 398 g/mol. The Kier molecular flexibility index (Phi) is 5.84. The van der Waals surface area contributed by atoms with Crippen LogP contribution in [0.5, 0.6) is 0 Å². The van der Waals surface area contributed by atoms with E-state index in [0.29, 0.717) is 27.7 Å². The van der Waals surface area contributed by atoms with E-state index in [1.165, 1.54) is 11.8 Å². The SMILES string of the molecule is [C-]#[N+]c1c(N2CCNCC2)nc(SC(C(N)=O)c2ccncc2)c(C#N)c1C1CC1. The first-order valence-electron chi connectivity index (χ1n) is 9.81. The fraction of sp³-hybridized carbons (Fsp3) is 0.381. The lowest BCUT2D eigenvalue weighted by atomic mass is 10.0. The normalized spacial score (nSPS) is 17.1. The molecule has 1 aliphatic heterocycles. The van der Waals surface area contributed by atoms with Gasteiger partial charge in [0.1, 0.15) is 22.2 Å². The molecule has 9 heteroatoms. The zero-order valence-electron chi connectivity index (χ0n) is 16.3. The van der Waals surface area contributed by atoms with Crippen molar-refractivity contribution < 1.29 is 4.79 Å². The summed E-state index contributed by atoms with van der Waals surface area (Å²) >= 11 is 1.18. The smallest absolute Gasteiger partial charge is 0.235 e. The highest BCUT2D eigenvalue weighted by Gasteiger charge is 2.35. The first kappa shape index (κ1) is 20.1. The molecule has 8 nitrogen and oxygen atoms in total. The van der Waals surface area contributed by atoms with E-state index in [9.17, 15) is 10.1 Å². The second-order valence-corrected chi connectivity index (χ2v) is 8.39. The molecule has 1 saturated carbocycles. The number of hydrogen-bond donors (Lipinski definition) is 2. The molecule has 152 valence electrons. The van der Waals surface area contributed by atoms with Gasteiger partial charge in [-0.1, -0.05) is 11.8 Å². The maximum atomic E-state index is 12.2. The number of aromatic nitrogens is 2. The maximum Gasteiger partial charge on any atom is 0.235 e. The number of primary amides is 1. The number of carbonyl (C=O) groups excluding carboxylic acids is 1. The van der Waals surface area contributed by atoms with E-state index in [1.807, 2.05) is 0 Å². The van der Waals surface area contributed by atoms with Gasteiger partial charge in [-0.2, -0.15) is 5.26 Å². The Morgan fingerprint density at radius 2 is 2.07 bits per heavy atom. The van der Waals surface area contributed by atoms with Gasteiger partial charge in [-0.25, -0.2) is 9.83 Å². The maximum absolute atomic E-state index is 12.2. The summed E-state index contributed by atoms with van der Waals surface area (Å²) in [5, 5.41) is 13.0. The molecule has 0 radical (unpaired) electrons. The number of rotatable bonds is 6. The summed E-state index contributed by atoms with van der Waals surface area (Å²) in [6.07, 6.45) is 5.12. The molecule has 1 saturated heterocycles. The van der Waals surface area contributed by atoms with E-state index in [2.05, 4.69) is 26.1 Å². The minimum atomic E-state index is -0.700. The van der Waals surface area contributed by atoms with Crippen molar-refractivity contribution in [2.75, 3.05) is 31.1 Å². The van der Waals surface area contributed by atoms with Crippen LogP contribution in [-0.2, 0) is 4.79 Å². The number of amides is 1. The van der Waals surface area contributed by atoms with E-state index in [-0.39, 0.29) is 5.92 Å². The Hall–Kier alpha value is -3.14. The van der Waals surface area contributed by atoms with E-state index in [0.717, 1.165) is 44.6 Å². The number of anilines is 1. The quantitative estimate of drug-likeness (QED) is 0.546. The second kappa shape index (κ2) is 8.70. The number of piperazine rings is 1. The van der Waals surface area contributed by atoms with Gasteiger partial charge in [0.15, 0.2) is 0 Å². The van der Waals surface area contributed by atoms with Crippen molar-refractivity contribution in [2.45, 2.75) is 29.0 Å². The Balaban J connectivity index is 1.84. The largest absolute Gasteiger partial charge is 0.368 e. The van der Waals surface area contributed by atoms with Crippen molar-refractivity contribution >= 4 is 29.2 Å². The van der Waals surface area contributed by atoms with Crippen molar-refractivity contribution in [3.63, 3.8) is 0 Å². The molecule has 1 amide bonds. The van der Waals surface area contributed by atoms with E-state index in [4.69, 9.17) is 17.3 Å². The lowest BCUT2D eigenvalue weighted by molar-refractivity contribution is -0.117. The molecule has 2 aromatic heterocycles. The summed E-state index contributed by atoms with van der Waals surface area (Å²) in [5.74, 6) is 0.288. The summed E-state index contributed by atoms with van der Waals surface area (Å²) in [4.78, 5) is 26.9. The summed E-state index contributed by atoms with van der Waals surface area (Å²) in [6, 6.07) is 5.74. The molecule has 0 spiro atoms. The molecule has 4 rings (SSSR count). The van der Waals surface area contributed by atoms with Gasteiger partial charge in [0, 0.05) is 38.6 Å². The fourth-order valence-corrected chi connectivity index (χ4v) is 4.71. The summed E-state index contributed by atoms with van der Waals surface area (Å²) in [5.41, 5.74) is 8.05. The Bertz CT molecular complexity index is 1030. The van der Waals surface area contributed by atoms with Crippen LogP contribution in [0.15, 0.2) is 29.6 Å². The van der Waals surface area contributed by atoms with Crippen LogP contribution < -0.4 is 16.0 Å². The molecule has 0 aromatic carbocycles. The topological polar surface area (TPSA) is 112 Å². The lowest BCUT2D eigenvalue weighted by Gasteiger charge is -2.31. The zero-order chi connectivity index (χ0) is 21.1. The predicted molar refractivity (Wildman–Crippen MR) is 114 cm³/mol. The van der Waals surface area contributed by atoms with E-state index < -0.39 is 11.2 Å². The highest BCUT2D eigenvalue weighted by molar-refractivity contribution is 8.00. The highest BCUT2D eigenvalue weighted by Crippen LogP contribution is 2.51. The number of hydrogen-bond acceptors (Lipinski definition) is 7. The summed E-state index contributed by atoms with van der Waals surface area (Å²) in [7, 11) is 0. The molecule has 1 atom stereocenters. The number of nitrogens with two attached hydrogens (primary N) is 1. The van der Waals surface area contributed by atoms with Crippen molar-refractivity contribution in [1.29, 1.82) is 5.26 Å². The first-order valence-corrected chi connectivity index (χ1v) is 10.7. The van der Waals surface area contributed by atoms with Gasteiger partial charge in [0.2, 0.25) is 11.6 Å². The predicted octanol–water partition coefficient (Wildman–Crippen LogP) is 2.50. The molecule has 0 bridgehead atoms. The van der Waals surface area contributed by atoms with Crippen molar-refractivity contribution in [1.82, 2.24) is 15.3 Å². The third-order valence-corrected chi connectivity index (χ3v) is 6.54. The minimum absolute atomic E-state index is 0.195. The second-order valence-electron chi connectivity index (χ2n) is 7.29. The third kappa shape index (κ3) is 3.95. The van der Waals surface area contributed by atoms with Crippen LogP contribution in [0, 0.1) is 17.9 Å². The third-order valence-electron chi connectivity index (χ3n) is 5.28. The van der Waals surface area contributed by atoms with Crippen LogP contribution >= 0.6 is 11.8 Å². The number of nitrogens with one attached hydrogen (secondary N) is 1. The molecule has 2 aromatic rings. The number of carbonyl (C=O) groups is 1.